The predicted octanol–water partition coefficient (Wildman–Crippen LogP) is 3.15. The zero-order valence-corrected chi connectivity index (χ0v) is 11.2. The number of hydrogen-bond acceptors (Lipinski definition) is 3. The second kappa shape index (κ2) is 4.09. The molecule has 0 saturated heterocycles. The van der Waals surface area contributed by atoms with Crippen LogP contribution in [0.25, 0.3) is 17.0 Å². The van der Waals surface area contributed by atoms with Crippen molar-refractivity contribution in [1.82, 2.24) is 19.7 Å². The highest BCUT2D eigenvalue weighted by atomic mass is 35.5. The number of para-hydroxylation sites is 2. The van der Waals surface area contributed by atoms with Gasteiger partial charge in [0.05, 0.1) is 16.7 Å². The second-order valence-electron chi connectivity index (χ2n) is 4.93. The molecular weight excluding hydrogens is 274 g/mol. The first-order valence-electron chi connectivity index (χ1n) is 6.41. The molecule has 1 aliphatic carbocycles. The van der Waals surface area contributed by atoms with Crippen LogP contribution in [-0.2, 0) is 0 Å². The molecule has 1 saturated carbocycles. The lowest BCUT2D eigenvalue weighted by Crippen LogP contribution is -1.99. The van der Waals surface area contributed by atoms with Crippen LogP contribution in [0.4, 0.5) is 0 Å². The minimum atomic E-state index is 0.327. The highest BCUT2D eigenvalue weighted by Crippen LogP contribution is 2.42. The van der Waals surface area contributed by atoms with Gasteiger partial charge in [-0.2, -0.15) is 15.0 Å². The molecule has 2 heterocycles. The molecule has 1 aromatic carbocycles. The highest BCUT2D eigenvalue weighted by Gasteiger charge is 2.32. The summed E-state index contributed by atoms with van der Waals surface area (Å²) in [5, 5.41) is 14.1. The predicted molar refractivity (Wildman–Crippen MR) is 74.9 cm³/mol. The Morgan fingerprint density at radius 2 is 2.15 bits per heavy atom. The van der Waals surface area contributed by atoms with Crippen LogP contribution < -0.4 is 0 Å². The lowest BCUT2D eigenvalue weighted by atomic mass is 10.2. The number of H-pyrrole nitrogens is 1. The lowest BCUT2D eigenvalue weighted by molar-refractivity contribution is 0.799. The Hall–Kier alpha value is -2.32. The average Bonchev–Trinajstić information content (AvgIpc) is 3.12. The largest absolute Gasteiger partial charge is 0.322 e. The highest BCUT2D eigenvalue weighted by molar-refractivity contribution is 6.31. The molecule has 0 spiro atoms. The normalized spacial score (nSPS) is 14.6. The Morgan fingerprint density at radius 3 is 2.85 bits per heavy atom. The van der Waals surface area contributed by atoms with Crippen LogP contribution >= 0.6 is 11.6 Å². The molecule has 1 aliphatic rings. The first kappa shape index (κ1) is 11.5. The number of hydrogen-bond donors (Lipinski definition) is 1. The van der Waals surface area contributed by atoms with E-state index in [0.29, 0.717) is 22.6 Å². The van der Waals surface area contributed by atoms with Crippen molar-refractivity contribution in [3.8, 4) is 12.0 Å². The fourth-order valence-electron chi connectivity index (χ4n) is 2.34. The third-order valence-electron chi connectivity index (χ3n) is 3.51. The van der Waals surface area contributed by atoms with Gasteiger partial charge < -0.3 is 4.98 Å². The molecule has 1 fully saturated rings. The summed E-state index contributed by atoms with van der Waals surface area (Å²) in [7, 11) is 0. The number of fused-ring (bicyclic) bond motifs is 1. The molecule has 6 heteroatoms. The summed E-state index contributed by atoms with van der Waals surface area (Å²) in [6.45, 7) is 0. The lowest BCUT2D eigenvalue weighted by Gasteiger charge is -1.96. The average molecular weight is 284 g/mol. The van der Waals surface area contributed by atoms with E-state index in [-0.39, 0.29) is 0 Å². The second-order valence-corrected chi connectivity index (χ2v) is 5.28. The quantitative estimate of drug-likeness (QED) is 0.785. The smallest absolute Gasteiger partial charge is 0.230 e. The number of nitrogens with one attached hydrogen (secondary N) is 1. The van der Waals surface area contributed by atoms with E-state index in [1.54, 1.807) is 0 Å². The van der Waals surface area contributed by atoms with Gasteiger partial charge in [-0.15, -0.1) is 0 Å². The molecule has 0 radical (unpaired) electrons. The maximum atomic E-state index is 9.26. The SMILES string of the molecule is N#Cc1c(C2CC2)nn(-c2nc3ccccc3[nH]2)c1Cl. The van der Waals surface area contributed by atoms with Crippen molar-refractivity contribution in [2.75, 3.05) is 0 Å². The zero-order valence-electron chi connectivity index (χ0n) is 10.5. The molecule has 0 amide bonds. The minimum Gasteiger partial charge on any atom is -0.322 e. The van der Waals surface area contributed by atoms with Gasteiger partial charge in [-0.05, 0) is 25.0 Å². The molecule has 5 nitrogen and oxygen atoms in total. The number of imidazole rings is 1. The number of halogens is 1. The first-order chi connectivity index (χ1) is 9.78. The zero-order chi connectivity index (χ0) is 13.7. The maximum Gasteiger partial charge on any atom is 0.230 e. The van der Waals surface area contributed by atoms with Crippen LogP contribution in [0.1, 0.15) is 30.0 Å². The first-order valence-corrected chi connectivity index (χ1v) is 6.79. The number of aromatic nitrogens is 4. The fourth-order valence-corrected chi connectivity index (χ4v) is 2.60. The molecule has 1 N–H and O–H groups in total. The Labute approximate surface area is 119 Å². The van der Waals surface area contributed by atoms with Crippen molar-refractivity contribution in [1.29, 1.82) is 5.26 Å². The van der Waals surface area contributed by atoms with Gasteiger partial charge in [-0.1, -0.05) is 23.7 Å². The van der Waals surface area contributed by atoms with Gasteiger partial charge >= 0.3 is 0 Å². The third-order valence-corrected chi connectivity index (χ3v) is 3.86. The number of nitrogens with zero attached hydrogens (tertiary/aromatic N) is 4. The minimum absolute atomic E-state index is 0.327. The molecule has 2 aromatic heterocycles. The third kappa shape index (κ3) is 1.62. The van der Waals surface area contributed by atoms with Gasteiger partial charge in [0.15, 0.2) is 5.15 Å². The molecule has 20 heavy (non-hydrogen) atoms. The van der Waals surface area contributed by atoms with E-state index >= 15 is 0 Å². The Kier molecular flexibility index (Phi) is 2.35. The summed E-state index contributed by atoms with van der Waals surface area (Å²) in [5.74, 6) is 0.910. The summed E-state index contributed by atoms with van der Waals surface area (Å²) in [4.78, 5) is 7.64. The molecule has 98 valence electrons. The van der Waals surface area contributed by atoms with Crippen LogP contribution in [0.5, 0.6) is 0 Å². The van der Waals surface area contributed by atoms with Crippen LogP contribution in [0, 0.1) is 11.3 Å². The van der Waals surface area contributed by atoms with Crippen LogP contribution in [-0.4, -0.2) is 19.7 Å². The molecule has 3 aromatic rings. The van der Waals surface area contributed by atoms with E-state index in [1.165, 1.54) is 4.68 Å². The van der Waals surface area contributed by atoms with Crippen molar-refractivity contribution in [3.63, 3.8) is 0 Å². The van der Waals surface area contributed by atoms with E-state index < -0.39 is 0 Å². The topological polar surface area (TPSA) is 70.3 Å². The maximum absolute atomic E-state index is 9.26. The van der Waals surface area contributed by atoms with Gasteiger partial charge in [0, 0.05) is 5.92 Å². The molecule has 0 bridgehead atoms. The van der Waals surface area contributed by atoms with Gasteiger partial charge in [-0.3, -0.25) is 0 Å². The fraction of sp³-hybridized carbons (Fsp3) is 0.214. The Balaban J connectivity index is 1.91. The van der Waals surface area contributed by atoms with Crippen molar-refractivity contribution >= 4 is 22.6 Å². The number of benzene rings is 1. The standard InChI is InChI=1S/C14H10ClN5/c15-13-9(7-16)12(8-5-6-8)19-20(13)14-17-10-3-1-2-4-11(10)18-14/h1-4,8H,5-6H2,(H,17,18). The van der Waals surface area contributed by atoms with Crippen molar-refractivity contribution in [2.24, 2.45) is 0 Å². The van der Waals surface area contributed by atoms with E-state index in [9.17, 15) is 5.26 Å². The van der Waals surface area contributed by atoms with Crippen molar-refractivity contribution in [2.45, 2.75) is 18.8 Å². The molecule has 4 rings (SSSR count). The van der Waals surface area contributed by atoms with E-state index in [0.717, 1.165) is 29.6 Å². The number of nitriles is 1. The summed E-state index contributed by atoms with van der Waals surface area (Å²) in [5.41, 5.74) is 3.02. The monoisotopic (exact) mass is 283 g/mol. The van der Waals surface area contributed by atoms with Crippen molar-refractivity contribution in [3.05, 3.63) is 40.7 Å². The van der Waals surface area contributed by atoms with Gasteiger partial charge in [0.2, 0.25) is 5.95 Å². The van der Waals surface area contributed by atoms with Gasteiger partial charge in [0.25, 0.3) is 0 Å². The number of rotatable bonds is 2. The summed E-state index contributed by atoms with van der Waals surface area (Å²) >= 11 is 6.28. The van der Waals surface area contributed by atoms with Crippen LogP contribution in [0.15, 0.2) is 24.3 Å². The summed E-state index contributed by atoms with van der Waals surface area (Å²) < 4.78 is 1.52. The van der Waals surface area contributed by atoms with Gasteiger partial charge in [0.1, 0.15) is 11.6 Å². The Morgan fingerprint density at radius 1 is 1.35 bits per heavy atom. The Bertz CT molecular complexity index is 817. The van der Waals surface area contributed by atoms with Crippen LogP contribution in [0.2, 0.25) is 5.15 Å². The number of aromatic amines is 1. The van der Waals surface area contributed by atoms with E-state index in [4.69, 9.17) is 11.6 Å². The molecular formula is C14H10ClN5. The summed E-state index contributed by atoms with van der Waals surface area (Å²) in [6, 6.07) is 9.87. The van der Waals surface area contributed by atoms with Gasteiger partial charge in [-0.25, -0.2) is 4.98 Å². The van der Waals surface area contributed by atoms with Crippen molar-refractivity contribution < 1.29 is 0 Å². The van der Waals surface area contributed by atoms with E-state index in [1.807, 2.05) is 24.3 Å². The van der Waals surface area contributed by atoms with E-state index in [2.05, 4.69) is 21.1 Å². The molecule has 0 aliphatic heterocycles. The summed E-state index contributed by atoms with van der Waals surface area (Å²) in [6.07, 6.45) is 2.14. The molecule has 0 atom stereocenters. The van der Waals surface area contributed by atoms with Crippen LogP contribution in [0.3, 0.4) is 0 Å². The molecule has 0 unspecified atom stereocenters.